The minimum absolute atomic E-state index is 0.0160. The van der Waals surface area contributed by atoms with Crippen LogP contribution in [0.1, 0.15) is 21.5 Å². The number of aryl methyl sites for hydroxylation is 1. The molecular weight excluding hydrogens is 566 g/mol. The molecule has 10 nitrogen and oxygen atoms in total. The molecular formula is C32H34F2N8O2. The van der Waals surface area contributed by atoms with E-state index in [1.54, 1.807) is 12.1 Å². The Bertz CT molecular complexity index is 1690. The zero-order valence-electron chi connectivity index (χ0n) is 25.2. The Hall–Kier alpha value is -5.10. The molecule has 0 saturated heterocycles. The number of likely N-dealkylation sites (N-methyl/N-ethyl adjacent to an activating group) is 1. The van der Waals surface area contributed by atoms with Gasteiger partial charge in [0.15, 0.2) is 5.82 Å². The van der Waals surface area contributed by atoms with E-state index < -0.39 is 23.4 Å². The number of carbonyl (C=O) groups is 2. The Kier molecular flexibility index (Phi) is 8.72. The molecule has 44 heavy (non-hydrogen) atoms. The van der Waals surface area contributed by atoms with Gasteiger partial charge in [0, 0.05) is 55.2 Å². The molecule has 3 N–H and O–H groups in total. The molecule has 1 aliphatic rings. The first-order chi connectivity index (χ1) is 21.0. The lowest BCUT2D eigenvalue weighted by molar-refractivity contribution is 0.102. The van der Waals surface area contributed by atoms with E-state index in [9.17, 15) is 18.4 Å². The first kappa shape index (κ1) is 30.4. The van der Waals surface area contributed by atoms with Gasteiger partial charge in [-0.1, -0.05) is 12.1 Å². The Balaban J connectivity index is 1.59. The van der Waals surface area contributed by atoms with Crippen LogP contribution in [0, 0.1) is 18.6 Å². The Morgan fingerprint density at radius 2 is 1.70 bits per heavy atom. The van der Waals surface area contributed by atoms with E-state index in [0.717, 1.165) is 28.3 Å². The van der Waals surface area contributed by atoms with E-state index >= 15 is 0 Å². The van der Waals surface area contributed by atoms with Crippen LogP contribution in [-0.2, 0) is 6.54 Å². The van der Waals surface area contributed by atoms with Crippen molar-refractivity contribution in [2.75, 3.05) is 61.7 Å². The first-order valence-corrected chi connectivity index (χ1v) is 14.0. The van der Waals surface area contributed by atoms with Crippen LogP contribution in [0.25, 0.3) is 11.3 Å². The molecule has 0 fully saturated rings. The summed E-state index contributed by atoms with van der Waals surface area (Å²) in [5, 5.41) is 8.78. The Morgan fingerprint density at radius 1 is 1.00 bits per heavy atom. The summed E-state index contributed by atoms with van der Waals surface area (Å²) in [6.07, 6.45) is 0. The highest BCUT2D eigenvalue weighted by Gasteiger charge is 2.34. The standard InChI is InChI=1S/C32H34F2N8O2/c1-19-9-10-20(30(43)37-21-11-13-22(14-12-21)41(4)5)17-23(19)27-24-18-36-32(44)42(28-25(33)7-6-8-26(28)34)29(24)39-31(38-27)35-15-16-40(2)3/h6-14,17H,15-16,18H2,1-5H3,(H,36,44)(H,37,43)(H,35,38,39). The molecule has 2 heterocycles. The number of aromatic nitrogens is 2. The highest BCUT2D eigenvalue weighted by atomic mass is 19.1. The van der Waals surface area contributed by atoms with E-state index in [1.807, 2.05) is 75.2 Å². The third-order valence-electron chi connectivity index (χ3n) is 7.22. The third kappa shape index (κ3) is 6.30. The molecule has 3 amide bonds. The number of para-hydroxylation sites is 1. The maximum atomic E-state index is 15.0. The van der Waals surface area contributed by atoms with Gasteiger partial charge in [0.25, 0.3) is 5.91 Å². The smallest absolute Gasteiger partial charge is 0.328 e. The predicted molar refractivity (Wildman–Crippen MR) is 169 cm³/mol. The molecule has 4 aromatic rings. The fraction of sp³-hybridized carbons (Fsp3) is 0.250. The molecule has 0 radical (unpaired) electrons. The minimum atomic E-state index is -0.913. The second-order valence-electron chi connectivity index (χ2n) is 10.9. The van der Waals surface area contributed by atoms with E-state index in [0.29, 0.717) is 41.2 Å². The zero-order chi connectivity index (χ0) is 31.5. The van der Waals surface area contributed by atoms with Crippen LogP contribution in [0.2, 0.25) is 0 Å². The average molecular weight is 601 g/mol. The van der Waals surface area contributed by atoms with Crippen molar-refractivity contribution in [1.82, 2.24) is 20.2 Å². The van der Waals surface area contributed by atoms with Crippen LogP contribution in [0.3, 0.4) is 0 Å². The maximum Gasteiger partial charge on any atom is 0.328 e. The number of urea groups is 1. The van der Waals surface area contributed by atoms with Crippen LogP contribution < -0.4 is 25.8 Å². The van der Waals surface area contributed by atoms with Gasteiger partial charge >= 0.3 is 6.03 Å². The van der Waals surface area contributed by atoms with Crippen molar-refractivity contribution in [2.45, 2.75) is 13.5 Å². The largest absolute Gasteiger partial charge is 0.378 e. The van der Waals surface area contributed by atoms with Gasteiger partial charge in [-0.05, 0) is 75.1 Å². The summed E-state index contributed by atoms with van der Waals surface area (Å²) in [5.74, 6) is -1.93. The van der Waals surface area contributed by atoms with E-state index in [-0.39, 0.29) is 24.2 Å². The van der Waals surface area contributed by atoms with Gasteiger partial charge in [0.05, 0.1) is 12.2 Å². The summed E-state index contributed by atoms with van der Waals surface area (Å²) >= 11 is 0. The zero-order valence-corrected chi connectivity index (χ0v) is 25.2. The molecule has 0 atom stereocenters. The average Bonchev–Trinajstić information content (AvgIpc) is 2.98. The predicted octanol–water partition coefficient (Wildman–Crippen LogP) is 5.38. The number of rotatable bonds is 9. The van der Waals surface area contributed by atoms with E-state index in [2.05, 4.69) is 20.9 Å². The Labute approximate surface area is 254 Å². The number of hydrogen-bond donors (Lipinski definition) is 3. The number of amides is 3. The number of anilines is 5. The number of carbonyl (C=O) groups excluding carboxylic acids is 2. The number of nitrogens with one attached hydrogen (secondary N) is 3. The quantitative estimate of drug-likeness (QED) is 0.237. The van der Waals surface area contributed by atoms with Gasteiger partial charge in [0.2, 0.25) is 5.95 Å². The molecule has 12 heteroatoms. The van der Waals surface area contributed by atoms with E-state index in [4.69, 9.17) is 4.98 Å². The van der Waals surface area contributed by atoms with Gasteiger partial charge in [-0.25, -0.2) is 23.5 Å². The Morgan fingerprint density at radius 3 is 2.36 bits per heavy atom. The summed E-state index contributed by atoms with van der Waals surface area (Å²) in [5.41, 5.74) is 3.77. The van der Waals surface area contributed by atoms with Crippen molar-refractivity contribution >= 4 is 40.8 Å². The number of benzene rings is 3. The first-order valence-electron chi connectivity index (χ1n) is 14.0. The molecule has 0 aliphatic carbocycles. The SMILES string of the molecule is Cc1ccc(C(=O)Nc2ccc(N(C)C)cc2)cc1-c1nc(NCCN(C)C)nc2c1CNC(=O)N2c1c(F)cccc1F. The van der Waals surface area contributed by atoms with Crippen LogP contribution in [0.5, 0.6) is 0 Å². The van der Waals surface area contributed by atoms with Crippen molar-refractivity contribution in [2.24, 2.45) is 0 Å². The summed E-state index contributed by atoms with van der Waals surface area (Å²) in [7, 11) is 7.72. The van der Waals surface area contributed by atoms with Gasteiger partial charge in [-0.2, -0.15) is 4.98 Å². The van der Waals surface area contributed by atoms with Gasteiger partial charge in [-0.3, -0.25) is 4.79 Å². The summed E-state index contributed by atoms with van der Waals surface area (Å²) in [6.45, 7) is 3.02. The fourth-order valence-electron chi connectivity index (χ4n) is 4.83. The molecule has 1 aliphatic heterocycles. The molecule has 5 rings (SSSR count). The van der Waals surface area contributed by atoms with Crippen LogP contribution in [-0.4, -0.2) is 68.1 Å². The van der Waals surface area contributed by atoms with Crippen LogP contribution in [0.4, 0.5) is 42.4 Å². The molecule has 1 aromatic heterocycles. The van der Waals surface area contributed by atoms with Crippen molar-refractivity contribution < 1.29 is 18.4 Å². The van der Waals surface area contributed by atoms with Crippen molar-refractivity contribution in [3.05, 3.63) is 89.0 Å². The number of nitrogens with zero attached hydrogens (tertiary/aromatic N) is 5. The minimum Gasteiger partial charge on any atom is -0.378 e. The lowest BCUT2D eigenvalue weighted by Crippen LogP contribution is -2.43. The van der Waals surface area contributed by atoms with Gasteiger partial charge in [0.1, 0.15) is 17.3 Å². The lowest BCUT2D eigenvalue weighted by atomic mass is 9.97. The van der Waals surface area contributed by atoms with E-state index in [1.165, 1.54) is 6.07 Å². The normalized spacial score (nSPS) is 12.5. The topological polar surface area (TPSA) is 106 Å². The summed E-state index contributed by atoms with van der Waals surface area (Å²) in [6, 6.07) is 15.4. The van der Waals surface area contributed by atoms with Crippen molar-refractivity contribution in [3.8, 4) is 11.3 Å². The maximum absolute atomic E-state index is 15.0. The third-order valence-corrected chi connectivity index (χ3v) is 7.22. The van der Waals surface area contributed by atoms with Gasteiger partial charge < -0.3 is 25.8 Å². The van der Waals surface area contributed by atoms with Gasteiger partial charge in [-0.15, -0.1) is 0 Å². The highest BCUT2D eigenvalue weighted by molar-refractivity contribution is 6.06. The van der Waals surface area contributed by atoms with Crippen LogP contribution >= 0.6 is 0 Å². The van der Waals surface area contributed by atoms with Crippen molar-refractivity contribution in [1.29, 1.82) is 0 Å². The summed E-state index contributed by atoms with van der Waals surface area (Å²) in [4.78, 5) is 40.6. The van der Waals surface area contributed by atoms with Crippen LogP contribution in [0.15, 0.2) is 60.7 Å². The number of halogens is 2. The number of hydrogen-bond acceptors (Lipinski definition) is 7. The second kappa shape index (κ2) is 12.6. The second-order valence-corrected chi connectivity index (χ2v) is 10.9. The van der Waals surface area contributed by atoms with Crippen molar-refractivity contribution in [3.63, 3.8) is 0 Å². The number of fused-ring (bicyclic) bond motifs is 1. The fourth-order valence-corrected chi connectivity index (χ4v) is 4.83. The summed E-state index contributed by atoms with van der Waals surface area (Å²) < 4.78 is 30.0. The molecule has 0 bridgehead atoms. The monoisotopic (exact) mass is 600 g/mol. The molecule has 3 aromatic carbocycles. The lowest BCUT2D eigenvalue weighted by Gasteiger charge is -2.31. The molecule has 0 spiro atoms. The molecule has 228 valence electrons. The molecule has 0 unspecified atom stereocenters. The molecule has 0 saturated carbocycles. The highest BCUT2D eigenvalue weighted by Crippen LogP contribution is 2.39.